The van der Waals surface area contributed by atoms with Gasteiger partial charge in [-0.2, -0.15) is 0 Å². The Morgan fingerprint density at radius 3 is 1.89 bits per heavy atom. The second-order valence-electron chi connectivity index (χ2n) is 7.34. The molecule has 0 N–H and O–H groups in total. The van der Waals surface area contributed by atoms with Crippen LogP contribution in [0.25, 0.3) is 65.0 Å². The Morgan fingerprint density at radius 2 is 1.04 bits per heavy atom. The van der Waals surface area contributed by atoms with Gasteiger partial charge in [-0.05, 0) is 38.4 Å². The van der Waals surface area contributed by atoms with Crippen molar-refractivity contribution in [3.05, 3.63) is 84.9 Å². The summed E-state index contributed by atoms with van der Waals surface area (Å²) in [5, 5.41) is 12.6. The van der Waals surface area contributed by atoms with E-state index in [0.717, 1.165) is 11.2 Å². The van der Waals surface area contributed by atoms with Crippen LogP contribution in [0.4, 0.5) is 0 Å². The molecular formula is C26H14O. The summed E-state index contributed by atoms with van der Waals surface area (Å²) in [7, 11) is 0. The van der Waals surface area contributed by atoms with Crippen LogP contribution in [0.5, 0.6) is 0 Å². The van der Waals surface area contributed by atoms with Crippen LogP contribution in [0.15, 0.2) is 89.3 Å². The van der Waals surface area contributed by atoms with Gasteiger partial charge < -0.3 is 4.42 Å². The van der Waals surface area contributed by atoms with Gasteiger partial charge in [0.2, 0.25) is 0 Å². The van der Waals surface area contributed by atoms with Crippen LogP contribution >= 0.6 is 0 Å². The first-order valence-electron chi connectivity index (χ1n) is 9.29. The molecule has 7 rings (SSSR count). The highest BCUT2D eigenvalue weighted by Gasteiger charge is 2.19. The van der Waals surface area contributed by atoms with Crippen molar-refractivity contribution in [2.45, 2.75) is 0 Å². The topological polar surface area (TPSA) is 13.1 Å². The lowest BCUT2D eigenvalue weighted by Crippen LogP contribution is -1.85. The molecule has 0 aliphatic rings. The molecule has 7 aromatic rings. The number of hydrogen-bond acceptors (Lipinski definition) is 1. The van der Waals surface area contributed by atoms with E-state index in [-0.39, 0.29) is 0 Å². The summed E-state index contributed by atoms with van der Waals surface area (Å²) in [5.41, 5.74) is 1.96. The maximum absolute atomic E-state index is 6.48. The zero-order chi connectivity index (χ0) is 17.5. The van der Waals surface area contributed by atoms with Crippen LogP contribution in [0.3, 0.4) is 0 Å². The summed E-state index contributed by atoms with van der Waals surface area (Å²) in [6, 6.07) is 30.4. The van der Waals surface area contributed by atoms with E-state index in [4.69, 9.17) is 4.42 Å². The van der Waals surface area contributed by atoms with E-state index < -0.39 is 0 Å². The van der Waals surface area contributed by atoms with E-state index in [1.165, 1.54) is 53.9 Å². The van der Waals surface area contributed by atoms with Gasteiger partial charge in [0.05, 0.1) is 0 Å². The minimum absolute atomic E-state index is 0.959. The smallest absolute Gasteiger partial charge is 0.143 e. The third-order valence-electron chi connectivity index (χ3n) is 5.98. The molecule has 6 aromatic carbocycles. The fourth-order valence-electron chi connectivity index (χ4n) is 4.87. The molecule has 0 radical (unpaired) electrons. The summed E-state index contributed by atoms with van der Waals surface area (Å²) in [6.07, 6.45) is 0. The third-order valence-corrected chi connectivity index (χ3v) is 5.98. The van der Waals surface area contributed by atoms with Gasteiger partial charge in [-0.1, -0.05) is 78.9 Å². The second-order valence-corrected chi connectivity index (χ2v) is 7.34. The Kier molecular flexibility index (Phi) is 2.30. The lowest BCUT2D eigenvalue weighted by atomic mass is 9.90. The molecular weight excluding hydrogens is 328 g/mol. The minimum Gasteiger partial charge on any atom is -0.455 e. The van der Waals surface area contributed by atoms with Crippen LogP contribution in [0.1, 0.15) is 0 Å². The molecule has 1 heterocycles. The molecule has 0 amide bonds. The molecule has 27 heavy (non-hydrogen) atoms. The largest absolute Gasteiger partial charge is 0.455 e. The first-order chi connectivity index (χ1) is 13.4. The fraction of sp³-hybridized carbons (Fsp3) is 0. The molecule has 0 saturated carbocycles. The van der Waals surface area contributed by atoms with Crippen LogP contribution in [0.2, 0.25) is 0 Å². The molecule has 0 saturated heterocycles. The number of furan rings is 1. The Bertz CT molecular complexity index is 1670. The number of rotatable bonds is 0. The van der Waals surface area contributed by atoms with Crippen molar-refractivity contribution in [1.82, 2.24) is 0 Å². The van der Waals surface area contributed by atoms with E-state index in [2.05, 4.69) is 84.9 Å². The van der Waals surface area contributed by atoms with E-state index in [1.807, 2.05) is 0 Å². The molecule has 1 aromatic heterocycles. The van der Waals surface area contributed by atoms with Crippen LogP contribution in [0, 0.1) is 0 Å². The lowest BCUT2D eigenvalue weighted by Gasteiger charge is -2.11. The Labute approximate surface area is 154 Å². The summed E-state index contributed by atoms with van der Waals surface area (Å²) >= 11 is 0. The summed E-state index contributed by atoms with van der Waals surface area (Å²) in [6.45, 7) is 0. The molecule has 0 aliphatic carbocycles. The van der Waals surface area contributed by atoms with Crippen LogP contribution < -0.4 is 0 Å². The molecule has 0 bridgehead atoms. The first kappa shape index (κ1) is 13.6. The Morgan fingerprint density at radius 1 is 0.407 bits per heavy atom. The van der Waals surface area contributed by atoms with Gasteiger partial charge in [0.15, 0.2) is 0 Å². The molecule has 1 heteroatoms. The minimum atomic E-state index is 0.959. The van der Waals surface area contributed by atoms with E-state index in [1.54, 1.807) is 0 Å². The highest BCUT2D eigenvalue weighted by atomic mass is 16.3. The summed E-state index contributed by atoms with van der Waals surface area (Å²) in [5.74, 6) is 0. The average Bonchev–Trinajstić information content (AvgIpc) is 3.13. The van der Waals surface area contributed by atoms with Crippen molar-refractivity contribution >= 4 is 65.0 Å². The summed E-state index contributed by atoms with van der Waals surface area (Å²) < 4.78 is 6.48. The van der Waals surface area contributed by atoms with Crippen LogP contribution in [-0.2, 0) is 0 Å². The van der Waals surface area contributed by atoms with Gasteiger partial charge in [0.1, 0.15) is 11.2 Å². The number of hydrogen-bond donors (Lipinski definition) is 0. The Hall–Kier alpha value is -3.58. The first-order valence-corrected chi connectivity index (χ1v) is 9.29. The van der Waals surface area contributed by atoms with Gasteiger partial charge in [-0.3, -0.25) is 0 Å². The van der Waals surface area contributed by atoms with Crippen molar-refractivity contribution in [3.8, 4) is 0 Å². The molecule has 0 spiro atoms. The quantitative estimate of drug-likeness (QED) is 0.258. The maximum Gasteiger partial charge on any atom is 0.143 e. The van der Waals surface area contributed by atoms with Crippen LogP contribution in [-0.4, -0.2) is 0 Å². The monoisotopic (exact) mass is 342 g/mol. The molecule has 0 unspecified atom stereocenters. The van der Waals surface area contributed by atoms with Crippen molar-refractivity contribution in [2.75, 3.05) is 0 Å². The average molecular weight is 342 g/mol. The summed E-state index contributed by atoms with van der Waals surface area (Å²) in [4.78, 5) is 0. The fourth-order valence-corrected chi connectivity index (χ4v) is 4.87. The highest BCUT2D eigenvalue weighted by Crippen LogP contribution is 2.45. The standard InChI is InChI=1S/C26H14O/c1-2-8-18-15(5-1)13-14-21-24(18)25-19-9-3-6-16-11-12-17-7-4-10-20(26(25)27-21)23(17)22(16)19/h1-14H. The number of benzene rings is 6. The molecule has 124 valence electrons. The Balaban J connectivity index is 1.95. The van der Waals surface area contributed by atoms with Gasteiger partial charge >= 0.3 is 0 Å². The molecule has 1 nitrogen and oxygen atoms in total. The third kappa shape index (κ3) is 1.56. The predicted molar refractivity (Wildman–Crippen MR) is 115 cm³/mol. The van der Waals surface area contributed by atoms with Gasteiger partial charge in [-0.25, -0.2) is 0 Å². The van der Waals surface area contributed by atoms with E-state index in [0.29, 0.717) is 0 Å². The van der Waals surface area contributed by atoms with Crippen molar-refractivity contribution in [2.24, 2.45) is 0 Å². The predicted octanol–water partition coefficient (Wildman–Crippen LogP) is 7.64. The van der Waals surface area contributed by atoms with E-state index in [9.17, 15) is 0 Å². The van der Waals surface area contributed by atoms with E-state index >= 15 is 0 Å². The zero-order valence-corrected chi connectivity index (χ0v) is 14.5. The van der Waals surface area contributed by atoms with Gasteiger partial charge in [0.25, 0.3) is 0 Å². The molecule has 0 aliphatic heterocycles. The normalized spacial score (nSPS) is 12.4. The SMILES string of the molecule is c1ccc2c(c1)ccc1oc3c4cccc5ccc6cccc(c6c54)c3c12. The molecule has 0 atom stereocenters. The maximum atomic E-state index is 6.48. The van der Waals surface area contributed by atoms with Crippen molar-refractivity contribution in [3.63, 3.8) is 0 Å². The molecule has 0 fully saturated rings. The highest BCUT2D eigenvalue weighted by molar-refractivity contribution is 6.38. The van der Waals surface area contributed by atoms with Gasteiger partial charge in [0, 0.05) is 21.5 Å². The van der Waals surface area contributed by atoms with Gasteiger partial charge in [-0.15, -0.1) is 0 Å². The zero-order valence-electron chi connectivity index (χ0n) is 14.5. The number of fused-ring (bicyclic) bond motifs is 7. The lowest BCUT2D eigenvalue weighted by molar-refractivity contribution is 0.673. The van der Waals surface area contributed by atoms with Crippen molar-refractivity contribution in [1.29, 1.82) is 0 Å². The second kappa shape index (κ2) is 4.57. The van der Waals surface area contributed by atoms with Crippen molar-refractivity contribution < 1.29 is 4.42 Å².